The van der Waals surface area contributed by atoms with E-state index in [9.17, 15) is 0 Å². The van der Waals surface area contributed by atoms with E-state index in [1.165, 1.54) is 0 Å². The Labute approximate surface area is 42.3 Å². The van der Waals surface area contributed by atoms with E-state index in [-0.39, 0.29) is 16.5 Å². The van der Waals surface area contributed by atoms with Gasteiger partial charge >= 0.3 is 0 Å². The smallest absolute Gasteiger partial charge is 0 e. The van der Waals surface area contributed by atoms with E-state index < -0.39 is 0 Å². The van der Waals surface area contributed by atoms with Crippen molar-refractivity contribution in [2.45, 2.75) is 6.92 Å². The number of thiol groups is 1. The zero-order valence-corrected chi connectivity index (χ0v) is 4.35. The SMILES string of the molecule is CCS.[Ni]. The monoisotopic (exact) mass is 120 g/mol. The van der Waals surface area contributed by atoms with E-state index in [0.717, 1.165) is 5.75 Å². The van der Waals surface area contributed by atoms with Crippen molar-refractivity contribution in [1.29, 1.82) is 0 Å². The summed E-state index contributed by atoms with van der Waals surface area (Å²) < 4.78 is 0. The topological polar surface area (TPSA) is 0 Å². The van der Waals surface area contributed by atoms with Gasteiger partial charge in [-0.15, -0.1) is 0 Å². The van der Waals surface area contributed by atoms with Crippen LogP contribution in [0.4, 0.5) is 0 Å². The minimum atomic E-state index is 0. The van der Waals surface area contributed by atoms with Crippen molar-refractivity contribution in [3.05, 3.63) is 0 Å². The van der Waals surface area contributed by atoms with E-state index in [1.54, 1.807) is 0 Å². The van der Waals surface area contributed by atoms with E-state index in [1.807, 2.05) is 6.92 Å². The quantitative estimate of drug-likeness (QED) is 0.357. The van der Waals surface area contributed by atoms with Gasteiger partial charge in [-0.05, 0) is 5.75 Å². The summed E-state index contributed by atoms with van der Waals surface area (Å²) in [4.78, 5) is 0. The molecular weight excluding hydrogens is 115 g/mol. The fourth-order valence-corrected chi connectivity index (χ4v) is 0. The Balaban J connectivity index is 0. The van der Waals surface area contributed by atoms with Crippen LogP contribution in [0, 0.1) is 0 Å². The molecule has 0 rings (SSSR count). The molecule has 0 aliphatic carbocycles. The standard InChI is InChI=1S/C2H6S.Ni/c1-2-3;/h3H,2H2,1H3;. The fraction of sp³-hybridized carbons (Fsp3) is 1.00. The fourth-order valence-electron chi connectivity index (χ4n) is 0. The largest absolute Gasteiger partial charge is 0.180 e. The van der Waals surface area contributed by atoms with Gasteiger partial charge in [0.1, 0.15) is 0 Å². The second kappa shape index (κ2) is 9.14. The average Bonchev–Trinajstić information content (AvgIpc) is 0.918. The van der Waals surface area contributed by atoms with Crippen molar-refractivity contribution in [2.75, 3.05) is 5.75 Å². The summed E-state index contributed by atoms with van der Waals surface area (Å²) in [5.41, 5.74) is 0. The Hall–Kier alpha value is 0.844. The number of rotatable bonds is 0. The van der Waals surface area contributed by atoms with Gasteiger partial charge < -0.3 is 0 Å². The molecule has 0 spiro atoms. The molecule has 0 aromatic carbocycles. The molecule has 0 N–H and O–H groups in total. The molecule has 0 aliphatic heterocycles. The summed E-state index contributed by atoms with van der Waals surface area (Å²) in [7, 11) is 0. The first-order valence-electron chi connectivity index (χ1n) is 1.02. The molecule has 2 heteroatoms. The van der Waals surface area contributed by atoms with Crippen LogP contribution in [0.5, 0.6) is 0 Å². The van der Waals surface area contributed by atoms with E-state index in [4.69, 9.17) is 0 Å². The first-order chi connectivity index (χ1) is 1.41. The van der Waals surface area contributed by atoms with Gasteiger partial charge in [0.15, 0.2) is 0 Å². The third-order valence-electron chi connectivity index (χ3n) is 0. The van der Waals surface area contributed by atoms with E-state index >= 15 is 0 Å². The molecule has 0 fully saturated rings. The van der Waals surface area contributed by atoms with E-state index in [0.29, 0.717) is 0 Å². The molecular formula is C2H6NiS. The summed E-state index contributed by atoms with van der Waals surface area (Å²) >= 11 is 3.79. The zero-order chi connectivity index (χ0) is 2.71. The number of hydrogen-bond donors (Lipinski definition) is 1. The van der Waals surface area contributed by atoms with Crippen LogP contribution in [0.2, 0.25) is 0 Å². The van der Waals surface area contributed by atoms with Gasteiger partial charge in [-0.2, -0.15) is 12.6 Å². The molecule has 0 heterocycles. The molecule has 0 aromatic heterocycles. The summed E-state index contributed by atoms with van der Waals surface area (Å²) in [6, 6.07) is 0. The minimum Gasteiger partial charge on any atom is -0.180 e. The maximum Gasteiger partial charge on any atom is 0 e. The Morgan fingerprint density at radius 3 is 1.75 bits per heavy atom. The maximum absolute atomic E-state index is 3.79. The van der Waals surface area contributed by atoms with Crippen molar-refractivity contribution in [3.63, 3.8) is 0 Å². The van der Waals surface area contributed by atoms with Gasteiger partial charge in [-0.1, -0.05) is 6.92 Å². The van der Waals surface area contributed by atoms with E-state index in [2.05, 4.69) is 12.6 Å². The molecule has 0 saturated heterocycles. The van der Waals surface area contributed by atoms with Crippen LogP contribution in [0.3, 0.4) is 0 Å². The summed E-state index contributed by atoms with van der Waals surface area (Å²) in [6.45, 7) is 1.99. The van der Waals surface area contributed by atoms with Gasteiger partial charge in [-0.25, -0.2) is 0 Å². The van der Waals surface area contributed by atoms with Crippen molar-refractivity contribution in [3.8, 4) is 0 Å². The van der Waals surface area contributed by atoms with Crippen LogP contribution >= 0.6 is 12.6 Å². The molecule has 0 bridgehead atoms. The minimum absolute atomic E-state index is 0. The van der Waals surface area contributed by atoms with Crippen molar-refractivity contribution in [2.24, 2.45) is 0 Å². The zero-order valence-electron chi connectivity index (χ0n) is 2.47. The molecule has 30 valence electrons. The summed E-state index contributed by atoms with van der Waals surface area (Å²) in [5, 5.41) is 0. The van der Waals surface area contributed by atoms with Crippen LogP contribution in [0.1, 0.15) is 6.92 Å². The molecule has 4 heavy (non-hydrogen) atoms. The average molecular weight is 121 g/mol. The second-order valence-electron chi connectivity index (χ2n) is 0.316. The summed E-state index contributed by atoms with van der Waals surface area (Å²) in [6.07, 6.45) is 0. The third-order valence-corrected chi connectivity index (χ3v) is 0. The van der Waals surface area contributed by atoms with Crippen molar-refractivity contribution < 1.29 is 16.5 Å². The summed E-state index contributed by atoms with van der Waals surface area (Å²) in [5.74, 6) is 0.944. The third kappa shape index (κ3) is 13.6. The second-order valence-corrected chi connectivity index (χ2v) is 0.949. The van der Waals surface area contributed by atoms with Gasteiger partial charge in [0.2, 0.25) is 0 Å². The Kier molecular flexibility index (Phi) is 20.2. The molecule has 0 amide bonds. The predicted molar refractivity (Wildman–Crippen MR) is 19.5 cm³/mol. The molecule has 0 radical (unpaired) electrons. The van der Waals surface area contributed by atoms with Gasteiger partial charge in [0.25, 0.3) is 0 Å². The first-order valence-corrected chi connectivity index (χ1v) is 1.66. The molecule has 0 aliphatic rings. The molecule has 0 aromatic rings. The van der Waals surface area contributed by atoms with Crippen molar-refractivity contribution in [1.82, 2.24) is 0 Å². The molecule has 0 saturated carbocycles. The van der Waals surface area contributed by atoms with Crippen LogP contribution in [-0.2, 0) is 16.5 Å². The molecule has 0 nitrogen and oxygen atoms in total. The van der Waals surface area contributed by atoms with Crippen LogP contribution in [-0.4, -0.2) is 5.75 Å². The van der Waals surface area contributed by atoms with Gasteiger partial charge in [0.05, 0.1) is 0 Å². The number of hydrogen-bond acceptors (Lipinski definition) is 1. The van der Waals surface area contributed by atoms with Crippen LogP contribution in [0.25, 0.3) is 0 Å². The molecule has 0 atom stereocenters. The predicted octanol–water partition coefficient (Wildman–Crippen LogP) is 0.934. The van der Waals surface area contributed by atoms with Crippen molar-refractivity contribution >= 4 is 12.6 Å². The Morgan fingerprint density at radius 1 is 1.75 bits per heavy atom. The van der Waals surface area contributed by atoms with Crippen LogP contribution < -0.4 is 0 Å². The molecule has 0 unspecified atom stereocenters. The Bertz CT molecular complexity index is 6.00. The van der Waals surface area contributed by atoms with Gasteiger partial charge in [0, 0.05) is 16.5 Å². The van der Waals surface area contributed by atoms with Crippen LogP contribution in [0.15, 0.2) is 0 Å². The Morgan fingerprint density at radius 2 is 1.75 bits per heavy atom. The normalized spacial score (nSPS) is 4.50. The maximum atomic E-state index is 3.79. The van der Waals surface area contributed by atoms with Gasteiger partial charge in [-0.3, -0.25) is 0 Å². The first kappa shape index (κ1) is 8.85.